The van der Waals surface area contributed by atoms with Crippen LogP contribution in [-0.4, -0.2) is 22.9 Å². The lowest BCUT2D eigenvalue weighted by Crippen LogP contribution is -2.10. The summed E-state index contributed by atoms with van der Waals surface area (Å²) >= 11 is 3.15. The van der Waals surface area contributed by atoms with Crippen molar-refractivity contribution in [1.29, 1.82) is 0 Å². The number of carbonyl (C=O) groups is 3. The van der Waals surface area contributed by atoms with Crippen molar-refractivity contribution in [2.75, 3.05) is 16.0 Å². The summed E-state index contributed by atoms with van der Waals surface area (Å²) in [4.78, 5) is 33.3. The average molecular weight is 447 g/mol. The summed E-state index contributed by atoms with van der Waals surface area (Å²) in [7, 11) is 0. The number of aryl methyl sites for hydroxylation is 4. The molecule has 0 aliphatic carbocycles. The van der Waals surface area contributed by atoms with Gasteiger partial charge in [0.05, 0.1) is 5.33 Å². The van der Waals surface area contributed by atoms with Gasteiger partial charge in [0.15, 0.2) is 5.78 Å². The van der Waals surface area contributed by atoms with Gasteiger partial charge in [0.2, 0.25) is 11.8 Å². The molecule has 28 heavy (non-hydrogen) atoms. The van der Waals surface area contributed by atoms with Crippen LogP contribution in [0.2, 0.25) is 0 Å². The molecule has 2 amide bonds. The lowest BCUT2D eigenvalue weighted by molar-refractivity contribution is -0.115. The Morgan fingerprint density at radius 2 is 1.32 bits per heavy atom. The molecule has 150 valence electrons. The third-order valence-corrected chi connectivity index (χ3v) is 4.52. The molecule has 2 rings (SSSR count). The van der Waals surface area contributed by atoms with Crippen molar-refractivity contribution in [2.24, 2.45) is 0 Å². The number of hydrogen-bond acceptors (Lipinski definition) is 3. The minimum atomic E-state index is -0.109. The van der Waals surface area contributed by atoms with Crippen LogP contribution >= 0.6 is 15.9 Å². The second-order valence-corrected chi connectivity index (χ2v) is 7.28. The molecular formula is C22H27BrN2O3. The Hall–Kier alpha value is -2.47. The Morgan fingerprint density at radius 1 is 0.786 bits per heavy atom. The van der Waals surface area contributed by atoms with Gasteiger partial charge in [-0.25, -0.2) is 0 Å². The largest absolute Gasteiger partial charge is 0.326 e. The van der Waals surface area contributed by atoms with Crippen LogP contribution in [0.4, 0.5) is 11.4 Å². The smallest absolute Gasteiger partial charge is 0.221 e. The van der Waals surface area contributed by atoms with Gasteiger partial charge in [-0.05, 0) is 68.1 Å². The minimum Gasteiger partial charge on any atom is -0.326 e. The molecule has 5 nitrogen and oxygen atoms in total. The standard InChI is InChI=1S/C12H14BrNO2.C10H13NO/c1-7-5-11(14-9(3)15)8(2)4-10(7)12(16)6-13;1-7-4-5-8(2)10(6-7)11-9(3)12/h4-5H,6H2,1-3H3,(H,14,15);4-6H,1-3H3,(H,11,12). The minimum absolute atomic E-state index is 0.0244. The first-order valence-electron chi connectivity index (χ1n) is 8.88. The van der Waals surface area contributed by atoms with Crippen LogP contribution in [0, 0.1) is 27.7 Å². The molecule has 2 aromatic rings. The van der Waals surface area contributed by atoms with Crippen LogP contribution in [0.3, 0.4) is 0 Å². The summed E-state index contributed by atoms with van der Waals surface area (Å²) < 4.78 is 0. The number of hydrogen-bond donors (Lipinski definition) is 2. The number of alkyl halides is 1. The molecule has 0 aliphatic heterocycles. The molecule has 0 fully saturated rings. The summed E-state index contributed by atoms with van der Waals surface area (Å²) in [6, 6.07) is 9.63. The number of ketones is 1. The van der Waals surface area contributed by atoms with E-state index in [1.54, 1.807) is 0 Å². The number of nitrogens with one attached hydrogen (secondary N) is 2. The Labute approximate surface area is 175 Å². The van der Waals surface area contributed by atoms with Gasteiger partial charge in [-0.3, -0.25) is 14.4 Å². The Balaban J connectivity index is 0.000000292. The molecule has 0 bridgehead atoms. The molecule has 0 unspecified atom stereocenters. The SMILES string of the molecule is CC(=O)Nc1cc(C)c(C(=O)CBr)cc1C.CC(=O)Nc1cc(C)ccc1C. The van der Waals surface area contributed by atoms with E-state index in [0.717, 1.165) is 33.6 Å². The van der Waals surface area contributed by atoms with Gasteiger partial charge >= 0.3 is 0 Å². The Bertz CT molecular complexity index is 892. The van der Waals surface area contributed by atoms with Crippen molar-refractivity contribution in [1.82, 2.24) is 0 Å². The van der Waals surface area contributed by atoms with Crippen LogP contribution in [0.5, 0.6) is 0 Å². The third kappa shape index (κ3) is 7.27. The van der Waals surface area contributed by atoms with Gasteiger partial charge < -0.3 is 10.6 Å². The van der Waals surface area contributed by atoms with E-state index in [0.29, 0.717) is 10.9 Å². The first-order chi connectivity index (χ1) is 13.0. The zero-order chi connectivity index (χ0) is 21.4. The summed E-state index contributed by atoms with van der Waals surface area (Å²) in [5, 5.41) is 5.82. The van der Waals surface area contributed by atoms with E-state index in [4.69, 9.17) is 0 Å². The molecule has 0 spiro atoms. The summed E-state index contributed by atoms with van der Waals surface area (Å²) in [6.07, 6.45) is 0. The maximum atomic E-state index is 11.6. The van der Waals surface area contributed by atoms with Crippen LogP contribution < -0.4 is 10.6 Å². The molecule has 0 radical (unpaired) electrons. The highest BCUT2D eigenvalue weighted by Gasteiger charge is 2.11. The number of halogens is 1. The first-order valence-corrected chi connectivity index (χ1v) is 10.00. The average Bonchev–Trinajstić information content (AvgIpc) is 2.60. The van der Waals surface area contributed by atoms with Crippen LogP contribution in [0.1, 0.15) is 46.5 Å². The highest BCUT2D eigenvalue weighted by molar-refractivity contribution is 9.09. The fraction of sp³-hybridized carbons (Fsp3) is 0.318. The highest BCUT2D eigenvalue weighted by atomic mass is 79.9. The molecule has 0 aliphatic rings. The van der Waals surface area contributed by atoms with E-state index in [9.17, 15) is 14.4 Å². The fourth-order valence-electron chi connectivity index (χ4n) is 2.57. The van der Waals surface area contributed by atoms with Crippen molar-refractivity contribution in [3.05, 3.63) is 58.1 Å². The molecule has 2 N–H and O–H groups in total. The fourth-order valence-corrected chi connectivity index (χ4v) is 2.88. The van der Waals surface area contributed by atoms with E-state index in [-0.39, 0.29) is 17.6 Å². The molecular weight excluding hydrogens is 420 g/mol. The van der Waals surface area contributed by atoms with Gasteiger partial charge in [0.1, 0.15) is 0 Å². The zero-order valence-electron chi connectivity index (χ0n) is 17.2. The maximum Gasteiger partial charge on any atom is 0.221 e. The molecule has 0 atom stereocenters. The number of amides is 2. The van der Waals surface area contributed by atoms with Crippen molar-refractivity contribution >= 4 is 44.9 Å². The van der Waals surface area contributed by atoms with Crippen LogP contribution in [0.15, 0.2) is 30.3 Å². The van der Waals surface area contributed by atoms with Gasteiger partial charge in [0.25, 0.3) is 0 Å². The first kappa shape index (κ1) is 23.6. The molecule has 2 aromatic carbocycles. The molecule has 0 saturated carbocycles. The lowest BCUT2D eigenvalue weighted by Gasteiger charge is -2.11. The van der Waals surface area contributed by atoms with E-state index < -0.39 is 0 Å². The normalized spacial score (nSPS) is 9.82. The Morgan fingerprint density at radius 3 is 1.82 bits per heavy atom. The quantitative estimate of drug-likeness (QED) is 0.506. The predicted molar refractivity (Wildman–Crippen MR) is 119 cm³/mol. The molecule has 0 aromatic heterocycles. The van der Waals surface area contributed by atoms with Gasteiger partial charge in [-0.15, -0.1) is 0 Å². The van der Waals surface area contributed by atoms with Crippen LogP contribution in [0.25, 0.3) is 0 Å². The van der Waals surface area contributed by atoms with Gasteiger partial charge in [-0.2, -0.15) is 0 Å². The number of carbonyl (C=O) groups excluding carboxylic acids is 3. The van der Waals surface area contributed by atoms with Gasteiger partial charge in [0, 0.05) is 30.8 Å². The number of anilines is 2. The van der Waals surface area contributed by atoms with E-state index in [1.807, 2.05) is 58.0 Å². The predicted octanol–water partition coefficient (Wildman–Crippen LogP) is 5.10. The highest BCUT2D eigenvalue weighted by Crippen LogP contribution is 2.21. The molecule has 0 saturated heterocycles. The van der Waals surface area contributed by atoms with Crippen molar-refractivity contribution < 1.29 is 14.4 Å². The van der Waals surface area contributed by atoms with E-state index in [1.165, 1.54) is 13.8 Å². The van der Waals surface area contributed by atoms with E-state index >= 15 is 0 Å². The molecule has 0 heterocycles. The number of rotatable bonds is 4. The maximum absolute atomic E-state index is 11.6. The van der Waals surface area contributed by atoms with Crippen molar-refractivity contribution in [3.8, 4) is 0 Å². The summed E-state index contributed by atoms with van der Waals surface area (Å²) in [6.45, 7) is 10.7. The second-order valence-electron chi connectivity index (χ2n) is 6.72. The zero-order valence-corrected chi connectivity index (χ0v) is 18.8. The number of Topliss-reactive ketones (excluding diaryl/α,β-unsaturated/α-hetero) is 1. The van der Waals surface area contributed by atoms with Gasteiger partial charge in [-0.1, -0.05) is 28.1 Å². The van der Waals surface area contributed by atoms with Crippen molar-refractivity contribution in [3.63, 3.8) is 0 Å². The molecule has 6 heteroatoms. The second kappa shape index (κ2) is 10.8. The van der Waals surface area contributed by atoms with Crippen molar-refractivity contribution in [2.45, 2.75) is 41.5 Å². The Kier molecular flexibility index (Phi) is 9.06. The third-order valence-electron chi connectivity index (χ3n) is 4.01. The monoisotopic (exact) mass is 446 g/mol. The van der Waals surface area contributed by atoms with Crippen LogP contribution in [-0.2, 0) is 9.59 Å². The van der Waals surface area contributed by atoms with E-state index in [2.05, 4.69) is 26.6 Å². The summed E-state index contributed by atoms with van der Waals surface area (Å²) in [5.41, 5.74) is 6.38. The number of benzene rings is 2. The lowest BCUT2D eigenvalue weighted by atomic mass is 10.0. The topological polar surface area (TPSA) is 75.3 Å². The summed E-state index contributed by atoms with van der Waals surface area (Å²) in [5.74, 6) is -0.0826.